The minimum Gasteiger partial charge on any atom is -0.481 e. The minimum atomic E-state index is -0.765. The summed E-state index contributed by atoms with van der Waals surface area (Å²) in [6.07, 6.45) is 6.28. The quantitative estimate of drug-likeness (QED) is 0.322. The maximum Gasteiger partial charge on any atom is 0.306 e. The number of thiazole rings is 1. The highest BCUT2D eigenvalue weighted by molar-refractivity contribution is 7.21. The second-order valence-electron chi connectivity index (χ2n) is 12.7. The molecule has 45 heavy (non-hydrogen) atoms. The molecular formula is C31H37Cl2N7O3S2. The second kappa shape index (κ2) is 13.0. The number of amides is 1. The first-order valence-electron chi connectivity index (χ1n) is 15.6. The molecule has 4 aliphatic heterocycles. The van der Waals surface area contributed by atoms with Crippen LogP contribution in [0.15, 0.2) is 23.7 Å². The number of anilines is 3. The molecule has 7 rings (SSSR count). The number of likely N-dealkylation sites (tertiary alicyclic amines) is 2. The van der Waals surface area contributed by atoms with Crippen LogP contribution < -0.4 is 15.1 Å². The van der Waals surface area contributed by atoms with E-state index in [4.69, 9.17) is 28.2 Å². The van der Waals surface area contributed by atoms with Crippen molar-refractivity contribution < 1.29 is 14.7 Å². The van der Waals surface area contributed by atoms with Crippen LogP contribution in [0.1, 0.15) is 42.5 Å². The summed E-state index contributed by atoms with van der Waals surface area (Å²) in [5, 5.41) is 16.8. The summed E-state index contributed by atoms with van der Waals surface area (Å²) in [6, 6.07) is 4.77. The third-order valence-electron chi connectivity index (χ3n) is 9.89. The van der Waals surface area contributed by atoms with Crippen LogP contribution in [-0.2, 0) is 4.79 Å². The molecule has 2 unspecified atom stereocenters. The Morgan fingerprint density at radius 3 is 2.47 bits per heavy atom. The number of hydrogen-bond acceptors (Lipinski definition) is 10. The van der Waals surface area contributed by atoms with Crippen molar-refractivity contribution in [2.24, 2.45) is 11.8 Å². The largest absolute Gasteiger partial charge is 0.481 e. The van der Waals surface area contributed by atoms with Gasteiger partial charge in [-0.3, -0.25) is 19.8 Å². The Labute approximate surface area is 280 Å². The van der Waals surface area contributed by atoms with Crippen molar-refractivity contribution in [3.63, 3.8) is 0 Å². The van der Waals surface area contributed by atoms with Gasteiger partial charge < -0.3 is 19.8 Å². The van der Waals surface area contributed by atoms with Gasteiger partial charge in [0.05, 0.1) is 26.4 Å². The lowest BCUT2D eigenvalue weighted by atomic mass is 9.97. The molecule has 0 aliphatic carbocycles. The minimum absolute atomic E-state index is 0.330. The number of piperidine rings is 2. The first kappa shape index (κ1) is 31.1. The predicted octanol–water partition coefficient (Wildman–Crippen LogP) is 5.73. The van der Waals surface area contributed by atoms with Crippen LogP contribution in [0.5, 0.6) is 0 Å². The Bertz CT molecular complexity index is 1570. The monoisotopic (exact) mass is 689 g/mol. The van der Waals surface area contributed by atoms with Gasteiger partial charge in [0.2, 0.25) is 0 Å². The van der Waals surface area contributed by atoms with Crippen molar-refractivity contribution in [1.29, 1.82) is 0 Å². The van der Waals surface area contributed by atoms with E-state index in [-0.39, 0.29) is 11.8 Å². The molecule has 7 heterocycles. The van der Waals surface area contributed by atoms with Gasteiger partial charge in [0, 0.05) is 49.8 Å². The molecule has 4 saturated heterocycles. The summed E-state index contributed by atoms with van der Waals surface area (Å²) in [7, 11) is 2.22. The summed E-state index contributed by atoms with van der Waals surface area (Å²) in [5.74, 6) is -0.242. The molecule has 0 radical (unpaired) electrons. The zero-order valence-corrected chi connectivity index (χ0v) is 28.3. The van der Waals surface area contributed by atoms with Crippen molar-refractivity contribution in [3.8, 4) is 10.6 Å². The van der Waals surface area contributed by atoms with E-state index in [1.54, 1.807) is 17.4 Å². The highest BCUT2D eigenvalue weighted by atomic mass is 35.5. The van der Waals surface area contributed by atoms with Gasteiger partial charge in [0.25, 0.3) is 5.91 Å². The molecule has 240 valence electrons. The van der Waals surface area contributed by atoms with Crippen molar-refractivity contribution in [2.75, 3.05) is 68.0 Å². The maximum absolute atomic E-state index is 13.4. The Kier molecular flexibility index (Phi) is 8.97. The SMILES string of the molecule is CN1CCC(N2CCC3CN(c4sc(NC(=O)c5cnc(N6CCC(C(=O)O)CC6)c(Cl)c5)nc4-c4cc(Cl)cs4)CC32)CC1. The molecule has 10 nitrogen and oxygen atoms in total. The van der Waals surface area contributed by atoms with Gasteiger partial charge in [-0.15, -0.1) is 11.3 Å². The number of aromatic nitrogens is 2. The fraction of sp³-hybridized carbons (Fsp3) is 0.548. The number of carboxylic acid groups (broad SMARTS) is 1. The average Bonchev–Trinajstić information content (AvgIpc) is 3.82. The lowest BCUT2D eigenvalue weighted by Crippen LogP contribution is -2.47. The van der Waals surface area contributed by atoms with Gasteiger partial charge in [0.15, 0.2) is 5.13 Å². The number of rotatable bonds is 7. The van der Waals surface area contributed by atoms with E-state index in [2.05, 4.69) is 32.0 Å². The number of thiophene rings is 1. The molecule has 1 amide bonds. The number of carboxylic acids is 1. The van der Waals surface area contributed by atoms with Crippen LogP contribution in [0.4, 0.5) is 16.0 Å². The Hall–Kier alpha value is -2.48. The van der Waals surface area contributed by atoms with Crippen molar-refractivity contribution >= 4 is 73.7 Å². The number of aliphatic carboxylic acids is 1. The molecule has 0 saturated carbocycles. The van der Waals surface area contributed by atoms with E-state index >= 15 is 0 Å². The summed E-state index contributed by atoms with van der Waals surface area (Å²) < 4.78 is 0. The van der Waals surface area contributed by atoms with Gasteiger partial charge in [0.1, 0.15) is 16.5 Å². The molecule has 2 N–H and O–H groups in total. The van der Waals surface area contributed by atoms with Gasteiger partial charge in [-0.2, -0.15) is 0 Å². The highest BCUT2D eigenvalue weighted by Crippen LogP contribution is 2.46. The van der Waals surface area contributed by atoms with Crippen LogP contribution in [0.3, 0.4) is 0 Å². The third-order valence-corrected chi connectivity index (χ3v) is 12.5. The summed E-state index contributed by atoms with van der Waals surface area (Å²) >= 11 is 16.0. The molecule has 0 aromatic carbocycles. The van der Waals surface area contributed by atoms with E-state index in [0.717, 1.165) is 28.7 Å². The van der Waals surface area contributed by atoms with E-state index < -0.39 is 5.97 Å². The molecule has 4 aliphatic rings. The Morgan fingerprint density at radius 2 is 1.78 bits per heavy atom. The molecule has 2 atom stereocenters. The molecular weight excluding hydrogens is 653 g/mol. The molecule has 0 bridgehead atoms. The molecule has 0 spiro atoms. The number of fused-ring (bicyclic) bond motifs is 1. The lowest BCUT2D eigenvalue weighted by Gasteiger charge is -2.38. The highest BCUT2D eigenvalue weighted by Gasteiger charge is 2.45. The van der Waals surface area contributed by atoms with E-state index in [0.29, 0.717) is 70.5 Å². The normalized spacial score (nSPS) is 23.5. The summed E-state index contributed by atoms with van der Waals surface area (Å²) in [6.45, 7) is 6.58. The van der Waals surface area contributed by atoms with Gasteiger partial charge >= 0.3 is 5.97 Å². The zero-order valence-electron chi connectivity index (χ0n) is 25.1. The maximum atomic E-state index is 13.4. The first-order chi connectivity index (χ1) is 21.7. The van der Waals surface area contributed by atoms with Crippen molar-refractivity contribution in [2.45, 2.75) is 44.2 Å². The molecule has 3 aromatic rings. The van der Waals surface area contributed by atoms with Crippen LogP contribution in [0, 0.1) is 11.8 Å². The van der Waals surface area contributed by atoms with Crippen molar-refractivity contribution in [3.05, 3.63) is 39.3 Å². The average molecular weight is 691 g/mol. The number of nitrogens with zero attached hydrogens (tertiary/aromatic N) is 6. The van der Waals surface area contributed by atoms with Gasteiger partial charge in [-0.05, 0) is 76.8 Å². The zero-order chi connectivity index (χ0) is 31.2. The topological polar surface area (TPSA) is 105 Å². The van der Waals surface area contributed by atoms with E-state index in [1.165, 1.54) is 56.4 Å². The van der Waals surface area contributed by atoms with Gasteiger partial charge in [-0.1, -0.05) is 34.5 Å². The smallest absolute Gasteiger partial charge is 0.306 e. The fourth-order valence-electron chi connectivity index (χ4n) is 7.41. The first-order valence-corrected chi connectivity index (χ1v) is 18.1. The molecule has 4 fully saturated rings. The Morgan fingerprint density at radius 1 is 1.00 bits per heavy atom. The molecule has 3 aromatic heterocycles. The number of carbonyl (C=O) groups excluding carboxylic acids is 1. The van der Waals surface area contributed by atoms with Crippen LogP contribution in [0.2, 0.25) is 10.0 Å². The number of carbonyl (C=O) groups is 2. The number of pyridine rings is 1. The summed E-state index contributed by atoms with van der Waals surface area (Å²) in [5.41, 5.74) is 1.19. The van der Waals surface area contributed by atoms with Gasteiger partial charge in [-0.25, -0.2) is 9.97 Å². The number of nitrogens with one attached hydrogen (secondary N) is 1. The second-order valence-corrected chi connectivity index (χ2v) is 15.4. The number of hydrogen-bond donors (Lipinski definition) is 2. The molecule has 14 heteroatoms. The lowest BCUT2D eigenvalue weighted by molar-refractivity contribution is -0.142. The van der Waals surface area contributed by atoms with E-state index in [9.17, 15) is 14.7 Å². The fourth-order valence-corrected chi connectivity index (χ4v) is 9.82. The standard InChI is InChI=1S/C31H37Cl2N7O3S2/c1-37-7-5-22(6-8-37)40-11-4-19-15-39(16-24(19)40)29-26(25-13-21(32)17-44-25)35-31(45-29)36-28(41)20-12-23(33)27(34-14-20)38-9-2-18(3-10-38)30(42)43/h12-14,17-19,22,24H,2-11,15-16H2,1H3,(H,42,43)(H,35,36,41). The summed E-state index contributed by atoms with van der Waals surface area (Å²) in [4.78, 5) is 44.8. The van der Waals surface area contributed by atoms with Crippen molar-refractivity contribution in [1.82, 2.24) is 19.8 Å². The number of halogens is 2. The van der Waals surface area contributed by atoms with Crippen LogP contribution >= 0.6 is 45.9 Å². The van der Waals surface area contributed by atoms with E-state index in [1.807, 2.05) is 16.3 Å². The predicted molar refractivity (Wildman–Crippen MR) is 182 cm³/mol. The van der Waals surface area contributed by atoms with Crippen LogP contribution in [-0.4, -0.2) is 102 Å². The van der Waals surface area contributed by atoms with Crippen LogP contribution in [0.25, 0.3) is 10.6 Å². The third kappa shape index (κ3) is 6.42. The Balaban J connectivity index is 1.07.